The summed E-state index contributed by atoms with van der Waals surface area (Å²) in [5, 5.41) is 6.70. The average molecular weight is 399 g/mol. The Morgan fingerprint density at radius 1 is 1.14 bits per heavy atom. The number of anilines is 1. The number of ether oxygens (including phenoxy) is 2. The molecule has 0 aliphatic carbocycles. The molecule has 2 heterocycles. The summed E-state index contributed by atoms with van der Waals surface area (Å²) in [7, 11) is 0. The summed E-state index contributed by atoms with van der Waals surface area (Å²) in [4.78, 5) is 8.78. The Kier molecular flexibility index (Phi) is 8.71. The molecule has 0 spiro atoms. The minimum absolute atomic E-state index is 0.292. The predicted octanol–water partition coefficient (Wildman–Crippen LogP) is 3.82. The maximum atomic E-state index is 5.77. The van der Waals surface area contributed by atoms with E-state index >= 15 is 0 Å². The fourth-order valence-electron chi connectivity index (χ4n) is 3.18. The van der Waals surface area contributed by atoms with Gasteiger partial charge in [-0.2, -0.15) is 0 Å². The molecule has 0 saturated carbocycles. The first kappa shape index (κ1) is 21.5. The van der Waals surface area contributed by atoms with Crippen LogP contribution in [-0.4, -0.2) is 42.4 Å². The van der Waals surface area contributed by atoms with Gasteiger partial charge in [0, 0.05) is 37.7 Å². The number of nitrogens with zero attached hydrogens (tertiary/aromatic N) is 2. The number of aromatic nitrogens is 2. The second kappa shape index (κ2) is 11.7. The molecule has 1 saturated heterocycles. The number of benzene rings is 1. The van der Waals surface area contributed by atoms with Gasteiger partial charge in [-0.1, -0.05) is 26.0 Å². The number of nitrogens with one attached hydrogen (secondary N) is 2. The molecule has 6 heteroatoms. The largest absolute Gasteiger partial charge is 0.494 e. The molecule has 2 aromatic rings. The summed E-state index contributed by atoms with van der Waals surface area (Å²) in [5.74, 6) is 2.29. The molecule has 2 N–H and O–H groups in total. The van der Waals surface area contributed by atoms with Crippen LogP contribution in [0.3, 0.4) is 0 Å². The van der Waals surface area contributed by atoms with Crippen molar-refractivity contribution in [2.75, 3.05) is 31.6 Å². The summed E-state index contributed by atoms with van der Waals surface area (Å²) in [6, 6.07) is 8.41. The highest BCUT2D eigenvalue weighted by molar-refractivity contribution is 5.27. The van der Waals surface area contributed by atoms with Crippen LogP contribution in [-0.2, 0) is 17.7 Å². The van der Waals surface area contributed by atoms with Crippen molar-refractivity contribution in [1.29, 1.82) is 0 Å². The van der Waals surface area contributed by atoms with Crippen molar-refractivity contribution in [3.63, 3.8) is 0 Å². The molecule has 1 aromatic heterocycles. The van der Waals surface area contributed by atoms with Crippen LogP contribution in [0.5, 0.6) is 5.75 Å². The summed E-state index contributed by atoms with van der Waals surface area (Å²) in [6.45, 7) is 8.53. The number of hydrogen-bond acceptors (Lipinski definition) is 6. The molecule has 0 amide bonds. The lowest BCUT2D eigenvalue weighted by Crippen LogP contribution is -2.20. The van der Waals surface area contributed by atoms with Crippen molar-refractivity contribution >= 4 is 5.95 Å². The van der Waals surface area contributed by atoms with E-state index in [-0.39, 0.29) is 0 Å². The lowest BCUT2D eigenvalue weighted by molar-refractivity contribution is 0.120. The van der Waals surface area contributed by atoms with Crippen molar-refractivity contribution in [2.45, 2.75) is 52.2 Å². The monoisotopic (exact) mass is 398 g/mol. The van der Waals surface area contributed by atoms with E-state index in [4.69, 9.17) is 9.47 Å². The van der Waals surface area contributed by atoms with Gasteiger partial charge in [-0.15, -0.1) is 0 Å². The average Bonchev–Trinajstić information content (AvgIpc) is 3.25. The summed E-state index contributed by atoms with van der Waals surface area (Å²) < 4.78 is 11.4. The maximum Gasteiger partial charge on any atom is 0.222 e. The molecular weight excluding hydrogens is 364 g/mol. The smallest absolute Gasteiger partial charge is 0.222 e. The zero-order valence-electron chi connectivity index (χ0n) is 17.7. The van der Waals surface area contributed by atoms with Crippen LogP contribution in [0.4, 0.5) is 5.95 Å². The standard InChI is InChI=1S/C23H34N4O2/c1-18(2)10-13-29-21-7-5-19(6-8-21)9-11-24-14-20-15-25-23(26-16-20)27-17-22-4-3-12-28-22/h5-8,15-16,18,22,24H,3-4,9-14,17H2,1-2H3,(H,25,26,27). The van der Waals surface area contributed by atoms with Crippen molar-refractivity contribution in [3.8, 4) is 5.75 Å². The minimum Gasteiger partial charge on any atom is -0.494 e. The molecular formula is C23H34N4O2. The molecule has 6 nitrogen and oxygen atoms in total. The Hall–Kier alpha value is -2.18. The zero-order chi connectivity index (χ0) is 20.3. The Balaban J connectivity index is 1.30. The Morgan fingerprint density at radius 2 is 1.93 bits per heavy atom. The highest BCUT2D eigenvalue weighted by atomic mass is 16.5. The van der Waals surface area contributed by atoms with E-state index in [0.717, 1.165) is 69.8 Å². The molecule has 3 rings (SSSR count). The summed E-state index contributed by atoms with van der Waals surface area (Å²) >= 11 is 0. The van der Waals surface area contributed by atoms with Crippen LogP contribution in [0, 0.1) is 5.92 Å². The third-order valence-electron chi connectivity index (χ3n) is 5.02. The minimum atomic E-state index is 0.292. The maximum absolute atomic E-state index is 5.77. The van der Waals surface area contributed by atoms with Crippen molar-refractivity contribution in [1.82, 2.24) is 15.3 Å². The normalized spacial score (nSPS) is 16.3. The van der Waals surface area contributed by atoms with Crippen LogP contribution in [0.2, 0.25) is 0 Å². The van der Waals surface area contributed by atoms with Crippen LogP contribution < -0.4 is 15.4 Å². The summed E-state index contributed by atoms with van der Waals surface area (Å²) in [5.41, 5.74) is 2.39. The lowest BCUT2D eigenvalue weighted by atomic mass is 10.1. The van der Waals surface area contributed by atoms with E-state index < -0.39 is 0 Å². The quantitative estimate of drug-likeness (QED) is 0.530. The van der Waals surface area contributed by atoms with Crippen LogP contribution >= 0.6 is 0 Å². The third kappa shape index (κ3) is 7.99. The first-order valence-electron chi connectivity index (χ1n) is 10.8. The van der Waals surface area contributed by atoms with Gasteiger partial charge in [-0.25, -0.2) is 9.97 Å². The first-order valence-corrected chi connectivity index (χ1v) is 10.8. The van der Waals surface area contributed by atoms with Crippen LogP contribution in [0.25, 0.3) is 0 Å². The lowest BCUT2D eigenvalue weighted by Gasteiger charge is -2.11. The van der Waals surface area contributed by atoms with E-state index in [1.807, 2.05) is 12.4 Å². The molecule has 1 atom stereocenters. The highest BCUT2D eigenvalue weighted by Crippen LogP contribution is 2.14. The van der Waals surface area contributed by atoms with Gasteiger partial charge in [-0.3, -0.25) is 0 Å². The van der Waals surface area contributed by atoms with Crippen molar-refractivity contribution in [2.24, 2.45) is 5.92 Å². The Morgan fingerprint density at radius 3 is 2.62 bits per heavy atom. The summed E-state index contributed by atoms with van der Waals surface area (Å²) in [6.07, 6.45) is 8.37. The van der Waals surface area contributed by atoms with Gasteiger partial charge < -0.3 is 20.1 Å². The number of hydrogen-bond donors (Lipinski definition) is 2. The second-order valence-electron chi connectivity index (χ2n) is 8.03. The van der Waals surface area contributed by atoms with Gasteiger partial charge in [0.25, 0.3) is 0 Å². The van der Waals surface area contributed by atoms with Crippen molar-refractivity contribution in [3.05, 3.63) is 47.8 Å². The van der Waals surface area contributed by atoms with Crippen LogP contribution in [0.1, 0.15) is 44.2 Å². The second-order valence-corrected chi connectivity index (χ2v) is 8.03. The van der Waals surface area contributed by atoms with E-state index in [2.05, 4.69) is 58.7 Å². The van der Waals surface area contributed by atoms with E-state index in [1.54, 1.807) is 0 Å². The molecule has 158 valence electrons. The van der Waals surface area contributed by atoms with Gasteiger partial charge in [0.05, 0.1) is 12.7 Å². The first-order chi connectivity index (χ1) is 14.2. The molecule has 1 unspecified atom stereocenters. The fraction of sp³-hybridized carbons (Fsp3) is 0.565. The zero-order valence-corrected chi connectivity index (χ0v) is 17.7. The van der Waals surface area contributed by atoms with E-state index in [1.165, 1.54) is 5.56 Å². The SMILES string of the molecule is CC(C)CCOc1ccc(CCNCc2cnc(NCC3CCCO3)nc2)cc1. The predicted molar refractivity (Wildman–Crippen MR) is 116 cm³/mol. The fourth-order valence-corrected chi connectivity index (χ4v) is 3.18. The van der Waals surface area contributed by atoms with E-state index in [9.17, 15) is 0 Å². The molecule has 29 heavy (non-hydrogen) atoms. The van der Waals surface area contributed by atoms with Crippen LogP contribution in [0.15, 0.2) is 36.7 Å². The number of rotatable bonds is 12. The van der Waals surface area contributed by atoms with Gasteiger partial charge in [-0.05, 0) is 55.8 Å². The molecule has 1 aliphatic rings. The molecule has 1 aliphatic heterocycles. The van der Waals surface area contributed by atoms with Gasteiger partial charge >= 0.3 is 0 Å². The molecule has 0 radical (unpaired) electrons. The van der Waals surface area contributed by atoms with Gasteiger partial charge in [0.2, 0.25) is 5.95 Å². The topological polar surface area (TPSA) is 68.3 Å². The molecule has 0 bridgehead atoms. The van der Waals surface area contributed by atoms with Gasteiger partial charge in [0.15, 0.2) is 0 Å². The highest BCUT2D eigenvalue weighted by Gasteiger charge is 2.15. The molecule has 1 fully saturated rings. The van der Waals surface area contributed by atoms with Crippen molar-refractivity contribution < 1.29 is 9.47 Å². The Labute approximate surface area is 174 Å². The Bertz CT molecular complexity index is 698. The third-order valence-corrected chi connectivity index (χ3v) is 5.02. The van der Waals surface area contributed by atoms with Gasteiger partial charge in [0.1, 0.15) is 5.75 Å². The van der Waals surface area contributed by atoms with E-state index in [0.29, 0.717) is 18.0 Å². The molecule has 1 aromatic carbocycles.